The number of nitrogens with two attached hydrogens (primary N) is 1. The van der Waals surface area contributed by atoms with Gasteiger partial charge in [0.15, 0.2) is 0 Å². The zero-order valence-electron chi connectivity index (χ0n) is 10.2. The third-order valence-electron chi connectivity index (χ3n) is 2.76. The molecule has 0 fully saturated rings. The smallest absolute Gasteiger partial charge is 0.0788 e. The molecule has 0 aliphatic heterocycles. The predicted molar refractivity (Wildman–Crippen MR) is 80.1 cm³/mol. The summed E-state index contributed by atoms with van der Waals surface area (Å²) < 4.78 is 0. The van der Waals surface area contributed by atoms with Gasteiger partial charge in [-0.15, -0.1) is 0 Å². The molecule has 2 aromatic rings. The summed E-state index contributed by atoms with van der Waals surface area (Å²) in [6.45, 7) is 2.05. The molecule has 2 rings (SSSR count). The van der Waals surface area contributed by atoms with Gasteiger partial charge in [-0.25, -0.2) is 0 Å². The van der Waals surface area contributed by atoms with E-state index in [4.69, 9.17) is 28.9 Å². The van der Waals surface area contributed by atoms with Crippen LogP contribution in [0, 0.1) is 6.92 Å². The van der Waals surface area contributed by atoms with Crippen LogP contribution in [-0.4, -0.2) is 7.05 Å². The van der Waals surface area contributed by atoms with Crippen molar-refractivity contribution in [3.63, 3.8) is 0 Å². The number of rotatable bonds is 2. The standard InChI is InChI=1S/C14H14Cl2N2/c1-9-4-3-5-11(6-9)18(2)14-12(15)7-10(17)8-13(14)16/h3-8H,17H2,1-2H3. The van der Waals surface area contributed by atoms with E-state index in [-0.39, 0.29) is 0 Å². The molecule has 0 spiro atoms. The lowest BCUT2D eigenvalue weighted by Crippen LogP contribution is -2.11. The Labute approximate surface area is 117 Å². The number of anilines is 3. The number of halogens is 2. The van der Waals surface area contributed by atoms with Crippen molar-refractivity contribution >= 4 is 40.3 Å². The van der Waals surface area contributed by atoms with Crippen LogP contribution in [0.3, 0.4) is 0 Å². The van der Waals surface area contributed by atoms with Crippen LogP contribution < -0.4 is 10.6 Å². The molecule has 2 N–H and O–H groups in total. The molecular formula is C14H14Cl2N2. The minimum absolute atomic E-state index is 0.545. The Morgan fingerprint density at radius 1 is 1.06 bits per heavy atom. The van der Waals surface area contributed by atoms with E-state index >= 15 is 0 Å². The van der Waals surface area contributed by atoms with E-state index in [1.165, 1.54) is 5.56 Å². The highest BCUT2D eigenvalue weighted by Gasteiger charge is 2.13. The van der Waals surface area contributed by atoms with Gasteiger partial charge in [-0.3, -0.25) is 0 Å². The second-order valence-electron chi connectivity index (χ2n) is 4.23. The highest BCUT2D eigenvalue weighted by Crippen LogP contribution is 2.38. The van der Waals surface area contributed by atoms with Crippen LogP contribution in [0.5, 0.6) is 0 Å². The van der Waals surface area contributed by atoms with Gasteiger partial charge >= 0.3 is 0 Å². The van der Waals surface area contributed by atoms with Gasteiger partial charge in [-0.2, -0.15) is 0 Å². The second kappa shape index (κ2) is 5.09. The summed E-state index contributed by atoms with van der Waals surface area (Å²) in [6.07, 6.45) is 0. The molecule has 0 saturated carbocycles. The average Bonchev–Trinajstić information content (AvgIpc) is 2.27. The largest absolute Gasteiger partial charge is 0.399 e. The van der Waals surface area contributed by atoms with Gasteiger partial charge < -0.3 is 10.6 Å². The fraction of sp³-hybridized carbons (Fsp3) is 0.143. The van der Waals surface area contributed by atoms with Crippen LogP contribution in [0.2, 0.25) is 10.0 Å². The van der Waals surface area contributed by atoms with Crippen LogP contribution in [0.25, 0.3) is 0 Å². The molecule has 4 heteroatoms. The van der Waals surface area contributed by atoms with Crippen molar-refractivity contribution in [2.24, 2.45) is 0 Å². The minimum atomic E-state index is 0.545. The first-order valence-electron chi connectivity index (χ1n) is 5.54. The number of nitrogens with zero attached hydrogens (tertiary/aromatic N) is 1. The van der Waals surface area contributed by atoms with Crippen LogP contribution in [0.1, 0.15) is 5.56 Å². The van der Waals surface area contributed by atoms with Gasteiger partial charge in [-0.05, 0) is 36.8 Å². The van der Waals surface area contributed by atoms with Crippen LogP contribution in [0.15, 0.2) is 36.4 Å². The van der Waals surface area contributed by atoms with Crippen LogP contribution >= 0.6 is 23.2 Å². The molecule has 2 nitrogen and oxygen atoms in total. The van der Waals surface area contributed by atoms with Crippen molar-refractivity contribution in [1.82, 2.24) is 0 Å². The highest BCUT2D eigenvalue weighted by atomic mass is 35.5. The van der Waals surface area contributed by atoms with Gasteiger partial charge in [0.25, 0.3) is 0 Å². The summed E-state index contributed by atoms with van der Waals surface area (Å²) in [5.41, 5.74) is 9.24. The van der Waals surface area contributed by atoms with Crippen molar-refractivity contribution in [3.05, 3.63) is 52.0 Å². The maximum Gasteiger partial charge on any atom is 0.0788 e. The molecule has 2 aromatic carbocycles. The predicted octanol–water partition coefficient (Wildman–Crippen LogP) is 4.65. The molecule has 0 saturated heterocycles. The van der Waals surface area contributed by atoms with Gasteiger partial charge in [0.2, 0.25) is 0 Å². The Bertz CT molecular complexity index is 559. The molecule has 0 aliphatic rings. The molecule has 0 amide bonds. The van der Waals surface area contributed by atoms with Crippen LogP contribution in [0.4, 0.5) is 17.1 Å². The number of hydrogen-bond donors (Lipinski definition) is 1. The zero-order valence-corrected chi connectivity index (χ0v) is 11.8. The fourth-order valence-corrected chi connectivity index (χ4v) is 2.63. The normalized spacial score (nSPS) is 10.4. The Morgan fingerprint density at radius 2 is 1.67 bits per heavy atom. The van der Waals surface area contributed by atoms with E-state index < -0.39 is 0 Å². The second-order valence-corrected chi connectivity index (χ2v) is 5.05. The molecule has 0 aromatic heterocycles. The van der Waals surface area contributed by atoms with Crippen LogP contribution in [-0.2, 0) is 0 Å². The molecular weight excluding hydrogens is 267 g/mol. The summed E-state index contributed by atoms with van der Waals surface area (Å²) in [5, 5.41) is 1.09. The summed E-state index contributed by atoms with van der Waals surface area (Å²) in [5.74, 6) is 0. The van der Waals surface area contributed by atoms with Crippen molar-refractivity contribution < 1.29 is 0 Å². The lowest BCUT2D eigenvalue weighted by atomic mass is 10.2. The van der Waals surface area contributed by atoms with E-state index in [1.54, 1.807) is 12.1 Å². The molecule has 0 unspecified atom stereocenters. The Hall–Kier alpha value is -1.38. The van der Waals surface area contributed by atoms with Crippen molar-refractivity contribution in [1.29, 1.82) is 0 Å². The van der Waals surface area contributed by atoms with E-state index in [1.807, 2.05) is 37.1 Å². The summed E-state index contributed by atoms with van der Waals surface area (Å²) in [6, 6.07) is 11.5. The van der Waals surface area contributed by atoms with Gasteiger partial charge in [0, 0.05) is 18.4 Å². The minimum Gasteiger partial charge on any atom is -0.399 e. The lowest BCUT2D eigenvalue weighted by Gasteiger charge is -2.22. The van der Waals surface area contributed by atoms with Crippen molar-refractivity contribution in [2.75, 3.05) is 17.7 Å². The third kappa shape index (κ3) is 2.55. The van der Waals surface area contributed by atoms with Gasteiger partial charge in [0.1, 0.15) is 0 Å². The first kappa shape index (κ1) is 13.1. The SMILES string of the molecule is Cc1cccc(N(C)c2c(Cl)cc(N)cc2Cl)c1. The maximum absolute atomic E-state index is 6.21. The summed E-state index contributed by atoms with van der Waals surface area (Å²) in [7, 11) is 1.93. The molecule has 0 bridgehead atoms. The first-order valence-corrected chi connectivity index (χ1v) is 6.29. The van der Waals surface area contributed by atoms with E-state index in [0.29, 0.717) is 15.7 Å². The monoisotopic (exact) mass is 280 g/mol. The Kier molecular flexibility index (Phi) is 3.69. The molecule has 0 atom stereocenters. The van der Waals surface area contributed by atoms with Crippen molar-refractivity contribution in [2.45, 2.75) is 6.92 Å². The Morgan fingerprint density at radius 3 is 2.22 bits per heavy atom. The molecule has 0 radical (unpaired) electrons. The number of nitrogen functional groups attached to an aromatic ring is 1. The summed E-state index contributed by atoms with van der Waals surface area (Å²) >= 11 is 12.4. The van der Waals surface area contributed by atoms with Gasteiger partial charge in [0.05, 0.1) is 15.7 Å². The number of aryl methyl sites for hydroxylation is 1. The zero-order chi connectivity index (χ0) is 13.3. The topological polar surface area (TPSA) is 29.3 Å². The average molecular weight is 281 g/mol. The third-order valence-corrected chi connectivity index (χ3v) is 3.34. The van der Waals surface area contributed by atoms with E-state index in [0.717, 1.165) is 11.4 Å². The quantitative estimate of drug-likeness (QED) is 0.812. The number of hydrogen-bond acceptors (Lipinski definition) is 2. The summed E-state index contributed by atoms with van der Waals surface area (Å²) in [4.78, 5) is 1.96. The van der Waals surface area contributed by atoms with Gasteiger partial charge in [-0.1, -0.05) is 35.3 Å². The first-order chi connectivity index (χ1) is 8.49. The molecule has 0 heterocycles. The fourth-order valence-electron chi connectivity index (χ4n) is 1.87. The molecule has 18 heavy (non-hydrogen) atoms. The lowest BCUT2D eigenvalue weighted by molar-refractivity contribution is 1.20. The highest BCUT2D eigenvalue weighted by molar-refractivity contribution is 6.39. The van der Waals surface area contributed by atoms with Crippen molar-refractivity contribution in [3.8, 4) is 0 Å². The Balaban J connectivity index is 2.49. The maximum atomic E-state index is 6.21. The molecule has 94 valence electrons. The number of benzene rings is 2. The molecule has 0 aliphatic carbocycles. The van der Waals surface area contributed by atoms with E-state index in [9.17, 15) is 0 Å². The van der Waals surface area contributed by atoms with E-state index in [2.05, 4.69) is 6.07 Å².